The zero-order chi connectivity index (χ0) is 21.9. The number of amides is 2. The molecule has 0 aliphatic heterocycles. The zero-order valence-electron chi connectivity index (χ0n) is 17.5. The molecule has 0 atom stereocenters. The molecule has 0 aromatic heterocycles. The first-order valence-corrected chi connectivity index (χ1v) is 10.3. The Morgan fingerprint density at radius 2 is 1.42 bits per heavy atom. The Kier molecular flexibility index (Phi) is 8.05. The Morgan fingerprint density at radius 1 is 0.742 bits per heavy atom. The number of hydrogen-bond acceptors (Lipinski definition) is 4. The maximum absolute atomic E-state index is 12.6. The van der Waals surface area contributed by atoms with Gasteiger partial charge in [0, 0.05) is 23.4 Å². The van der Waals surface area contributed by atoms with Crippen LogP contribution in [0.5, 0.6) is 11.5 Å². The van der Waals surface area contributed by atoms with Crippen LogP contribution in [0, 0.1) is 0 Å². The lowest BCUT2D eigenvalue weighted by Crippen LogP contribution is -2.23. The first-order valence-electron chi connectivity index (χ1n) is 10.3. The van der Waals surface area contributed by atoms with Crippen molar-refractivity contribution in [3.8, 4) is 11.5 Å². The zero-order valence-corrected chi connectivity index (χ0v) is 17.5. The minimum Gasteiger partial charge on any atom is -0.490 e. The Morgan fingerprint density at radius 3 is 2.13 bits per heavy atom. The van der Waals surface area contributed by atoms with E-state index < -0.39 is 0 Å². The number of carbonyl (C=O) groups is 2. The fraction of sp³-hybridized carbons (Fsp3) is 0.200. The van der Waals surface area contributed by atoms with Crippen molar-refractivity contribution in [2.24, 2.45) is 0 Å². The van der Waals surface area contributed by atoms with Crippen LogP contribution in [0.3, 0.4) is 0 Å². The van der Waals surface area contributed by atoms with Crippen LogP contribution < -0.4 is 20.1 Å². The van der Waals surface area contributed by atoms with Gasteiger partial charge in [0.1, 0.15) is 24.7 Å². The number of hydrogen-bond donors (Lipinski definition) is 2. The van der Waals surface area contributed by atoms with Gasteiger partial charge in [-0.2, -0.15) is 0 Å². The molecule has 0 heterocycles. The van der Waals surface area contributed by atoms with Crippen LogP contribution in [0.4, 0.5) is 5.69 Å². The summed E-state index contributed by atoms with van der Waals surface area (Å²) in [5.74, 6) is 0.996. The predicted octanol–water partition coefficient (Wildman–Crippen LogP) is 4.54. The van der Waals surface area contributed by atoms with Crippen molar-refractivity contribution in [1.29, 1.82) is 0 Å². The van der Waals surface area contributed by atoms with Gasteiger partial charge < -0.3 is 20.1 Å². The molecule has 2 amide bonds. The van der Waals surface area contributed by atoms with Crippen LogP contribution >= 0.6 is 0 Å². The highest BCUT2D eigenvalue weighted by Crippen LogP contribution is 2.16. The molecule has 0 saturated carbocycles. The molecule has 160 valence electrons. The Labute approximate surface area is 182 Å². The minimum atomic E-state index is -0.255. The molecule has 0 aliphatic rings. The molecular formula is C25H26N2O4. The van der Waals surface area contributed by atoms with Crippen molar-refractivity contribution in [3.05, 3.63) is 90.0 Å². The first-order chi connectivity index (χ1) is 15.2. The quantitative estimate of drug-likeness (QED) is 0.474. The van der Waals surface area contributed by atoms with Gasteiger partial charge in [-0.25, -0.2) is 0 Å². The van der Waals surface area contributed by atoms with Gasteiger partial charge in [0.2, 0.25) is 0 Å². The van der Waals surface area contributed by atoms with E-state index in [1.165, 1.54) is 0 Å². The molecule has 2 N–H and O–H groups in total. The average Bonchev–Trinajstić information content (AvgIpc) is 2.81. The lowest BCUT2D eigenvalue weighted by atomic mass is 10.1. The summed E-state index contributed by atoms with van der Waals surface area (Å²) < 4.78 is 11.3. The van der Waals surface area contributed by atoms with E-state index >= 15 is 0 Å². The summed E-state index contributed by atoms with van der Waals surface area (Å²) in [6, 6.07) is 23.3. The van der Waals surface area contributed by atoms with E-state index in [1.54, 1.807) is 48.5 Å². The second-order valence-electron chi connectivity index (χ2n) is 6.83. The van der Waals surface area contributed by atoms with Gasteiger partial charge in [0.25, 0.3) is 11.8 Å². The lowest BCUT2D eigenvalue weighted by Gasteiger charge is -2.10. The van der Waals surface area contributed by atoms with Crippen molar-refractivity contribution in [2.45, 2.75) is 13.3 Å². The average molecular weight is 418 g/mol. The fourth-order valence-electron chi connectivity index (χ4n) is 2.81. The number of benzene rings is 3. The molecule has 3 aromatic carbocycles. The molecule has 0 spiro atoms. The van der Waals surface area contributed by atoms with Gasteiger partial charge in [0.15, 0.2) is 0 Å². The van der Waals surface area contributed by atoms with Gasteiger partial charge in [-0.15, -0.1) is 0 Å². The van der Waals surface area contributed by atoms with Gasteiger partial charge in [-0.05, 0) is 61.0 Å². The molecule has 0 aliphatic carbocycles. The summed E-state index contributed by atoms with van der Waals surface area (Å²) in [7, 11) is 0. The van der Waals surface area contributed by atoms with Crippen molar-refractivity contribution in [2.75, 3.05) is 25.1 Å². The van der Waals surface area contributed by atoms with Crippen LogP contribution in [0.2, 0.25) is 0 Å². The second-order valence-corrected chi connectivity index (χ2v) is 6.83. The fourth-order valence-corrected chi connectivity index (χ4v) is 2.81. The summed E-state index contributed by atoms with van der Waals surface area (Å²) >= 11 is 0. The smallest absolute Gasteiger partial charge is 0.255 e. The normalized spacial score (nSPS) is 10.2. The molecule has 31 heavy (non-hydrogen) atoms. The van der Waals surface area contributed by atoms with Gasteiger partial charge in [-0.1, -0.05) is 31.2 Å². The number of anilines is 1. The summed E-state index contributed by atoms with van der Waals surface area (Å²) in [5, 5.41) is 5.65. The third-order valence-electron chi connectivity index (χ3n) is 4.40. The summed E-state index contributed by atoms with van der Waals surface area (Å²) in [6.07, 6.45) is 0.878. The largest absolute Gasteiger partial charge is 0.490 e. The molecule has 0 saturated heterocycles. The van der Waals surface area contributed by atoms with Crippen LogP contribution in [0.25, 0.3) is 0 Å². The summed E-state index contributed by atoms with van der Waals surface area (Å²) in [5.41, 5.74) is 1.64. The van der Waals surface area contributed by atoms with Crippen LogP contribution in [-0.4, -0.2) is 31.6 Å². The van der Waals surface area contributed by atoms with E-state index in [4.69, 9.17) is 9.47 Å². The number of ether oxygens (including phenoxy) is 2. The lowest BCUT2D eigenvalue weighted by molar-refractivity contribution is 0.0953. The summed E-state index contributed by atoms with van der Waals surface area (Å²) in [4.78, 5) is 24.5. The molecule has 0 radical (unpaired) electrons. The van der Waals surface area contributed by atoms with E-state index in [2.05, 4.69) is 10.6 Å². The van der Waals surface area contributed by atoms with Crippen molar-refractivity contribution < 1.29 is 19.1 Å². The molecule has 0 fully saturated rings. The molecule has 6 nitrogen and oxygen atoms in total. The Hall–Kier alpha value is -3.80. The van der Waals surface area contributed by atoms with E-state index in [9.17, 15) is 9.59 Å². The van der Waals surface area contributed by atoms with Gasteiger partial charge in [0.05, 0.1) is 0 Å². The SMILES string of the molecule is CCCNC(=O)c1ccc(NC(=O)c2cccc(OCCOc3ccccc3)c2)cc1. The molecule has 3 rings (SSSR count). The van der Waals surface area contributed by atoms with Crippen molar-refractivity contribution >= 4 is 17.5 Å². The van der Waals surface area contributed by atoms with E-state index in [0.29, 0.717) is 42.3 Å². The topological polar surface area (TPSA) is 76.7 Å². The third-order valence-corrected chi connectivity index (χ3v) is 4.40. The molecular weight excluding hydrogens is 392 g/mol. The van der Waals surface area contributed by atoms with E-state index in [0.717, 1.165) is 12.2 Å². The van der Waals surface area contributed by atoms with Gasteiger partial charge >= 0.3 is 0 Å². The molecule has 0 bridgehead atoms. The highest BCUT2D eigenvalue weighted by Gasteiger charge is 2.09. The standard InChI is InChI=1S/C25H26N2O4/c1-2-15-26-24(28)19-11-13-21(14-12-19)27-25(29)20-7-6-10-23(18-20)31-17-16-30-22-8-4-3-5-9-22/h3-14,18H,2,15-17H2,1H3,(H,26,28)(H,27,29). The van der Waals surface area contributed by atoms with Crippen LogP contribution in [-0.2, 0) is 0 Å². The molecule has 3 aromatic rings. The number of nitrogens with one attached hydrogen (secondary N) is 2. The number of rotatable bonds is 10. The van der Waals surface area contributed by atoms with Crippen molar-refractivity contribution in [1.82, 2.24) is 5.32 Å². The highest BCUT2D eigenvalue weighted by molar-refractivity contribution is 6.04. The van der Waals surface area contributed by atoms with Crippen LogP contribution in [0.1, 0.15) is 34.1 Å². The van der Waals surface area contributed by atoms with Crippen LogP contribution in [0.15, 0.2) is 78.9 Å². The maximum atomic E-state index is 12.6. The molecule has 0 unspecified atom stereocenters. The van der Waals surface area contributed by atoms with Gasteiger partial charge in [-0.3, -0.25) is 9.59 Å². The second kappa shape index (κ2) is 11.4. The Balaban J connectivity index is 1.50. The monoisotopic (exact) mass is 418 g/mol. The number of para-hydroxylation sites is 1. The van der Waals surface area contributed by atoms with E-state index in [1.807, 2.05) is 37.3 Å². The Bertz CT molecular complexity index is 988. The summed E-state index contributed by atoms with van der Waals surface area (Å²) in [6.45, 7) is 3.39. The minimum absolute atomic E-state index is 0.124. The maximum Gasteiger partial charge on any atom is 0.255 e. The third kappa shape index (κ3) is 6.89. The highest BCUT2D eigenvalue weighted by atomic mass is 16.5. The number of carbonyl (C=O) groups excluding carboxylic acids is 2. The predicted molar refractivity (Wildman–Crippen MR) is 121 cm³/mol. The first kappa shape index (κ1) is 21.9. The van der Waals surface area contributed by atoms with E-state index in [-0.39, 0.29) is 11.8 Å². The molecule has 6 heteroatoms. The van der Waals surface area contributed by atoms with Crippen molar-refractivity contribution in [3.63, 3.8) is 0 Å².